The molecule has 2 N–H and O–H groups in total. The number of nitrogens with one attached hydrogen (secondary N) is 2. The number of nitrogens with zero attached hydrogens (tertiary/aromatic N) is 1. The quantitative estimate of drug-likeness (QED) is 0.699. The van der Waals surface area contributed by atoms with Crippen molar-refractivity contribution in [2.24, 2.45) is 5.92 Å². The van der Waals surface area contributed by atoms with Gasteiger partial charge in [0.2, 0.25) is 5.91 Å². The van der Waals surface area contributed by atoms with Gasteiger partial charge in [0.25, 0.3) is 0 Å². The Kier molecular flexibility index (Phi) is 6.92. The summed E-state index contributed by atoms with van der Waals surface area (Å²) in [6.07, 6.45) is 8.72. The smallest absolute Gasteiger partial charge is 0.318 e. The fourth-order valence-corrected chi connectivity index (χ4v) is 3.93. The fraction of sp³-hybridized carbons (Fsp3) is 0.619. The molecule has 26 heavy (non-hydrogen) atoms. The van der Waals surface area contributed by atoms with Gasteiger partial charge in [0.1, 0.15) is 0 Å². The highest BCUT2D eigenvalue weighted by Crippen LogP contribution is 2.24. The first-order valence-corrected chi connectivity index (χ1v) is 10.1. The van der Waals surface area contributed by atoms with Crippen LogP contribution in [-0.2, 0) is 17.9 Å². The average molecular weight is 357 g/mol. The molecule has 3 amide bonds. The third-order valence-corrected chi connectivity index (χ3v) is 5.53. The molecule has 3 rings (SSSR count). The number of rotatable bonds is 8. The highest BCUT2D eigenvalue weighted by molar-refractivity contribution is 5.78. The summed E-state index contributed by atoms with van der Waals surface area (Å²) in [5.41, 5.74) is 2.50. The zero-order valence-corrected chi connectivity index (χ0v) is 15.6. The average Bonchev–Trinajstić information content (AvgIpc) is 3.33. The number of carbonyl (C=O) groups excluding carboxylic acids is 2. The number of amides is 3. The van der Waals surface area contributed by atoms with Crippen molar-refractivity contribution in [2.75, 3.05) is 13.1 Å². The lowest BCUT2D eigenvalue weighted by molar-refractivity contribution is -0.124. The second kappa shape index (κ2) is 9.60. The monoisotopic (exact) mass is 357 g/mol. The highest BCUT2D eigenvalue weighted by atomic mass is 16.2. The summed E-state index contributed by atoms with van der Waals surface area (Å²) in [4.78, 5) is 26.0. The SMILES string of the molecule is O=C(NCCCCCCNC(=O)N1Cc2ccccc2C1)C1CCCC1. The topological polar surface area (TPSA) is 61.4 Å². The van der Waals surface area contributed by atoms with Crippen molar-refractivity contribution in [1.82, 2.24) is 15.5 Å². The molecule has 1 aliphatic heterocycles. The second-order valence-corrected chi connectivity index (χ2v) is 7.54. The van der Waals surface area contributed by atoms with Gasteiger partial charge in [0.05, 0.1) is 0 Å². The molecule has 1 heterocycles. The molecule has 0 radical (unpaired) electrons. The van der Waals surface area contributed by atoms with Crippen molar-refractivity contribution in [3.05, 3.63) is 35.4 Å². The molecule has 0 bridgehead atoms. The largest absolute Gasteiger partial charge is 0.356 e. The van der Waals surface area contributed by atoms with Crippen LogP contribution in [0.15, 0.2) is 24.3 Å². The van der Waals surface area contributed by atoms with E-state index in [0.717, 1.165) is 51.6 Å². The van der Waals surface area contributed by atoms with Crippen LogP contribution in [0.25, 0.3) is 0 Å². The molecule has 1 saturated carbocycles. The van der Waals surface area contributed by atoms with Crippen LogP contribution in [-0.4, -0.2) is 29.9 Å². The maximum atomic E-state index is 12.2. The Balaban J connectivity index is 1.19. The predicted octanol–water partition coefficient (Wildman–Crippen LogP) is 3.58. The number of hydrogen-bond acceptors (Lipinski definition) is 2. The van der Waals surface area contributed by atoms with Gasteiger partial charge in [-0.2, -0.15) is 0 Å². The van der Waals surface area contributed by atoms with Crippen molar-refractivity contribution >= 4 is 11.9 Å². The van der Waals surface area contributed by atoms with Gasteiger partial charge < -0.3 is 15.5 Å². The van der Waals surface area contributed by atoms with Gasteiger partial charge >= 0.3 is 6.03 Å². The van der Waals surface area contributed by atoms with E-state index in [1.165, 1.54) is 24.0 Å². The zero-order chi connectivity index (χ0) is 18.2. The van der Waals surface area contributed by atoms with E-state index in [0.29, 0.717) is 13.1 Å². The van der Waals surface area contributed by atoms with Gasteiger partial charge in [0.15, 0.2) is 0 Å². The predicted molar refractivity (Wildman–Crippen MR) is 103 cm³/mol. The van der Waals surface area contributed by atoms with Crippen molar-refractivity contribution in [2.45, 2.75) is 64.5 Å². The standard InChI is InChI=1S/C21H31N3O2/c25-20(17-9-3-4-10-17)22-13-7-1-2-8-14-23-21(26)24-15-18-11-5-6-12-19(18)16-24/h5-6,11-12,17H,1-4,7-10,13-16H2,(H,22,25)(H,23,26). The zero-order valence-electron chi connectivity index (χ0n) is 15.6. The minimum absolute atomic E-state index is 0.0324. The number of urea groups is 1. The first-order valence-electron chi connectivity index (χ1n) is 10.1. The summed E-state index contributed by atoms with van der Waals surface area (Å²) in [5.74, 6) is 0.517. The normalized spacial score (nSPS) is 16.5. The Bertz CT molecular complexity index is 586. The van der Waals surface area contributed by atoms with E-state index in [4.69, 9.17) is 0 Å². The Morgan fingerprint density at radius 2 is 1.46 bits per heavy atom. The van der Waals surface area contributed by atoms with E-state index in [1.807, 2.05) is 17.0 Å². The number of unbranched alkanes of at least 4 members (excludes halogenated alkanes) is 3. The first-order chi connectivity index (χ1) is 12.7. The molecule has 1 aromatic rings. The Morgan fingerprint density at radius 3 is 2.08 bits per heavy atom. The summed E-state index contributed by atoms with van der Waals surface area (Å²) < 4.78 is 0. The van der Waals surface area contributed by atoms with Crippen LogP contribution in [0.5, 0.6) is 0 Å². The van der Waals surface area contributed by atoms with Gasteiger partial charge in [-0.25, -0.2) is 4.79 Å². The molecule has 1 aliphatic carbocycles. The van der Waals surface area contributed by atoms with E-state index in [2.05, 4.69) is 22.8 Å². The van der Waals surface area contributed by atoms with E-state index >= 15 is 0 Å². The summed E-state index contributed by atoms with van der Waals surface area (Å²) in [6, 6.07) is 8.26. The Morgan fingerprint density at radius 1 is 0.885 bits per heavy atom. The third-order valence-electron chi connectivity index (χ3n) is 5.53. The molecule has 142 valence electrons. The molecule has 0 saturated heterocycles. The van der Waals surface area contributed by atoms with Crippen LogP contribution >= 0.6 is 0 Å². The number of carbonyl (C=O) groups is 2. The summed E-state index contributed by atoms with van der Waals surface area (Å²) in [5, 5.41) is 6.09. The Hall–Kier alpha value is -2.04. The van der Waals surface area contributed by atoms with Crippen LogP contribution in [0.4, 0.5) is 4.79 Å². The fourth-order valence-electron chi connectivity index (χ4n) is 3.93. The van der Waals surface area contributed by atoms with Gasteiger partial charge in [-0.1, -0.05) is 49.9 Å². The highest BCUT2D eigenvalue weighted by Gasteiger charge is 2.23. The molecule has 5 heteroatoms. The summed E-state index contributed by atoms with van der Waals surface area (Å²) >= 11 is 0. The first kappa shape index (κ1) is 18.7. The van der Waals surface area contributed by atoms with Gasteiger partial charge in [0, 0.05) is 32.1 Å². The number of hydrogen-bond donors (Lipinski definition) is 2. The van der Waals surface area contributed by atoms with E-state index in [1.54, 1.807) is 0 Å². The van der Waals surface area contributed by atoms with Gasteiger partial charge in [-0.15, -0.1) is 0 Å². The second-order valence-electron chi connectivity index (χ2n) is 7.54. The minimum atomic E-state index is 0.0324. The maximum Gasteiger partial charge on any atom is 0.318 e. The molecular weight excluding hydrogens is 326 g/mol. The lowest BCUT2D eigenvalue weighted by Crippen LogP contribution is -2.36. The van der Waals surface area contributed by atoms with Crippen molar-refractivity contribution in [3.8, 4) is 0 Å². The molecular formula is C21H31N3O2. The molecule has 0 atom stereocenters. The lowest BCUT2D eigenvalue weighted by Gasteiger charge is -2.16. The summed E-state index contributed by atoms with van der Waals surface area (Å²) in [6.45, 7) is 2.93. The van der Waals surface area contributed by atoms with Crippen molar-refractivity contribution in [1.29, 1.82) is 0 Å². The van der Waals surface area contributed by atoms with Crippen LogP contribution < -0.4 is 10.6 Å². The maximum absolute atomic E-state index is 12.2. The molecule has 2 aliphatic rings. The number of benzene rings is 1. The van der Waals surface area contributed by atoms with Gasteiger partial charge in [-0.05, 0) is 36.8 Å². The third kappa shape index (κ3) is 5.23. The summed E-state index contributed by atoms with van der Waals surface area (Å²) in [7, 11) is 0. The molecule has 0 aromatic heterocycles. The van der Waals surface area contributed by atoms with Crippen molar-refractivity contribution < 1.29 is 9.59 Å². The van der Waals surface area contributed by atoms with E-state index < -0.39 is 0 Å². The Labute approximate surface area is 156 Å². The van der Waals surface area contributed by atoms with Crippen LogP contribution in [0.3, 0.4) is 0 Å². The number of fused-ring (bicyclic) bond motifs is 1. The van der Waals surface area contributed by atoms with Crippen LogP contribution in [0, 0.1) is 5.92 Å². The molecule has 1 aromatic carbocycles. The van der Waals surface area contributed by atoms with Crippen molar-refractivity contribution in [3.63, 3.8) is 0 Å². The molecule has 0 spiro atoms. The molecule has 1 fully saturated rings. The van der Waals surface area contributed by atoms with E-state index in [9.17, 15) is 9.59 Å². The molecule has 5 nitrogen and oxygen atoms in total. The van der Waals surface area contributed by atoms with Crippen LogP contribution in [0.1, 0.15) is 62.5 Å². The van der Waals surface area contributed by atoms with Crippen LogP contribution in [0.2, 0.25) is 0 Å². The van der Waals surface area contributed by atoms with E-state index in [-0.39, 0.29) is 17.9 Å². The minimum Gasteiger partial charge on any atom is -0.356 e. The van der Waals surface area contributed by atoms with Gasteiger partial charge in [-0.3, -0.25) is 4.79 Å². The lowest BCUT2D eigenvalue weighted by atomic mass is 10.1. The molecule has 0 unspecified atom stereocenters.